The van der Waals surface area contributed by atoms with E-state index in [9.17, 15) is 4.79 Å². The standard InChI is InChI=1S/C11H20N2O2/c1-2-15-8-4-7-13-11(14)10-5-3-6-12-9-10/h2,10,12H,1,3-9H2,(H,13,14)/t10-/m1/s1. The van der Waals surface area contributed by atoms with E-state index < -0.39 is 0 Å². The van der Waals surface area contributed by atoms with Gasteiger partial charge in [-0.1, -0.05) is 6.58 Å². The molecule has 1 saturated heterocycles. The number of hydrogen-bond donors (Lipinski definition) is 2. The zero-order valence-corrected chi connectivity index (χ0v) is 9.13. The predicted molar refractivity (Wildman–Crippen MR) is 59.4 cm³/mol. The van der Waals surface area contributed by atoms with Gasteiger partial charge in [0.2, 0.25) is 5.91 Å². The average Bonchev–Trinajstić information content (AvgIpc) is 2.30. The number of rotatable bonds is 6. The molecule has 0 aromatic carbocycles. The lowest BCUT2D eigenvalue weighted by molar-refractivity contribution is -0.125. The molecular weight excluding hydrogens is 192 g/mol. The molecule has 1 aliphatic rings. The van der Waals surface area contributed by atoms with Crippen molar-refractivity contribution in [3.8, 4) is 0 Å². The molecule has 0 radical (unpaired) electrons. The van der Waals surface area contributed by atoms with E-state index in [0.717, 1.165) is 32.4 Å². The van der Waals surface area contributed by atoms with Crippen molar-refractivity contribution < 1.29 is 9.53 Å². The van der Waals surface area contributed by atoms with Crippen LogP contribution in [0.25, 0.3) is 0 Å². The van der Waals surface area contributed by atoms with Crippen LogP contribution in [0.15, 0.2) is 12.8 Å². The first-order chi connectivity index (χ1) is 7.34. The monoisotopic (exact) mass is 212 g/mol. The molecule has 0 unspecified atom stereocenters. The van der Waals surface area contributed by atoms with Gasteiger partial charge in [-0.3, -0.25) is 4.79 Å². The van der Waals surface area contributed by atoms with Crippen molar-refractivity contribution in [3.63, 3.8) is 0 Å². The number of hydrogen-bond acceptors (Lipinski definition) is 3. The molecule has 1 rings (SSSR count). The summed E-state index contributed by atoms with van der Waals surface area (Å²) in [5.41, 5.74) is 0. The third kappa shape index (κ3) is 4.83. The van der Waals surface area contributed by atoms with Crippen LogP contribution in [0.4, 0.5) is 0 Å². The topological polar surface area (TPSA) is 50.4 Å². The number of ether oxygens (including phenoxy) is 1. The van der Waals surface area contributed by atoms with Crippen LogP contribution in [-0.4, -0.2) is 32.1 Å². The zero-order valence-electron chi connectivity index (χ0n) is 9.13. The van der Waals surface area contributed by atoms with Crippen LogP contribution < -0.4 is 10.6 Å². The summed E-state index contributed by atoms with van der Waals surface area (Å²) in [6.07, 6.45) is 4.35. The Kier molecular flexibility index (Phi) is 5.85. The SMILES string of the molecule is C=COCCCNC(=O)[C@@H]1CCCNC1. The fraction of sp³-hybridized carbons (Fsp3) is 0.727. The molecule has 1 fully saturated rings. The second kappa shape index (κ2) is 7.29. The van der Waals surface area contributed by atoms with E-state index in [0.29, 0.717) is 13.2 Å². The molecule has 0 aromatic rings. The van der Waals surface area contributed by atoms with Gasteiger partial charge >= 0.3 is 0 Å². The van der Waals surface area contributed by atoms with Crippen LogP contribution >= 0.6 is 0 Å². The minimum absolute atomic E-state index is 0.152. The lowest BCUT2D eigenvalue weighted by Gasteiger charge is -2.21. The molecule has 0 bridgehead atoms. The lowest BCUT2D eigenvalue weighted by atomic mass is 9.99. The van der Waals surface area contributed by atoms with Crippen molar-refractivity contribution >= 4 is 5.91 Å². The molecular formula is C11H20N2O2. The Hall–Kier alpha value is -1.03. The Labute approximate surface area is 91.1 Å². The molecule has 4 heteroatoms. The summed E-state index contributed by atoms with van der Waals surface area (Å²) < 4.78 is 4.96. The van der Waals surface area contributed by atoms with Crippen molar-refractivity contribution in [3.05, 3.63) is 12.8 Å². The van der Waals surface area contributed by atoms with Gasteiger partial charge in [-0.25, -0.2) is 0 Å². The quantitative estimate of drug-likeness (QED) is 0.502. The molecule has 0 aromatic heterocycles. The molecule has 0 spiro atoms. The van der Waals surface area contributed by atoms with Crippen LogP contribution in [0.5, 0.6) is 0 Å². The minimum atomic E-state index is 0.152. The third-order valence-electron chi connectivity index (χ3n) is 2.52. The summed E-state index contributed by atoms with van der Waals surface area (Å²) >= 11 is 0. The smallest absolute Gasteiger partial charge is 0.224 e. The molecule has 2 N–H and O–H groups in total. The first-order valence-electron chi connectivity index (χ1n) is 5.55. The van der Waals surface area contributed by atoms with Crippen LogP contribution in [0.1, 0.15) is 19.3 Å². The molecule has 4 nitrogen and oxygen atoms in total. The van der Waals surface area contributed by atoms with E-state index in [4.69, 9.17) is 4.74 Å². The van der Waals surface area contributed by atoms with Gasteiger partial charge in [-0.05, 0) is 25.8 Å². The van der Waals surface area contributed by atoms with Crippen LogP contribution in [0.3, 0.4) is 0 Å². The van der Waals surface area contributed by atoms with Crippen molar-refractivity contribution in [1.82, 2.24) is 10.6 Å². The van der Waals surface area contributed by atoms with Crippen LogP contribution in [0, 0.1) is 5.92 Å². The highest BCUT2D eigenvalue weighted by atomic mass is 16.5. The van der Waals surface area contributed by atoms with E-state index in [-0.39, 0.29) is 11.8 Å². The van der Waals surface area contributed by atoms with Gasteiger partial charge in [-0.2, -0.15) is 0 Å². The molecule has 1 atom stereocenters. The number of carbonyl (C=O) groups excluding carboxylic acids is 1. The summed E-state index contributed by atoms with van der Waals surface area (Å²) in [4.78, 5) is 11.6. The maximum absolute atomic E-state index is 11.6. The summed E-state index contributed by atoms with van der Waals surface area (Å²) in [6, 6.07) is 0. The van der Waals surface area contributed by atoms with Crippen molar-refractivity contribution in [2.75, 3.05) is 26.2 Å². The van der Waals surface area contributed by atoms with Gasteiger partial charge < -0.3 is 15.4 Å². The molecule has 0 saturated carbocycles. The maximum Gasteiger partial charge on any atom is 0.224 e. The molecule has 86 valence electrons. The van der Waals surface area contributed by atoms with E-state index in [1.165, 1.54) is 6.26 Å². The highest BCUT2D eigenvalue weighted by Gasteiger charge is 2.19. The Morgan fingerprint density at radius 3 is 3.20 bits per heavy atom. The van der Waals surface area contributed by atoms with Gasteiger partial charge in [0.15, 0.2) is 0 Å². The van der Waals surface area contributed by atoms with E-state index >= 15 is 0 Å². The van der Waals surface area contributed by atoms with Gasteiger partial charge in [0.25, 0.3) is 0 Å². The van der Waals surface area contributed by atoms with Crippen molar-refractivity contribution in [2.45, 2.75) is 19.3 Å². The average molecular weight is 212 g/mol. The summed E-state index contributed by atoms with van der Waals surface area (Å²) in [5.74, 6) is 0.319. The highest BCUT2D eigenvalue weighted by molar-refractivity contribution is 5.78. The number of nitrogens with one attached hydrogen (secondary N) is 2. The second-order valence-electron chi connectivity index (χ2n) is 3.73. The number of carbonyl (C=O) groups is 1. The van der Waals surface area contributed by atoms with Crippen LogP contribution in [0.2, 0.25) is 0 Å². The van der Waals surface area contributed by atoms with E-state index in [2.05, 4.69) is 17.2 Å². The lowest BCUT2D eigenvalue weighted by Crippen LogP contribution is -2.40. The van der Waals surface area contributed by atoms with Crippen molar-refractivity contribution in [2.24, 2.45) is 5.92 Å². The Balaban J connectivity index is 2.04. The molecule has 15 heavy (non-hydrogen) atoms. The van der Waals surface area contributed by atoms with Gasteiger partial charge in [0, 0.05) is 13.1 Å². The first-order valence-corrected chi connectivity index (χ1v) is 5.55. The fourth-order valence-corrected chi connectivity index (χ4v) is 1.67. The summed E-state index contributed by atoms with van der Waals surface area (Å²) in [6.45, 7) is 6.60. The Morgan fingerprint density at radius 1 is 1.67 bits per heavy atom. The Bertz CT molecular complexity index is 201. The number of amides is 1. The third-order valence-corrected chi connectivity index (χ3v) is 2.52. The largest absolute Gasteiger partial charge is 0.502 e. The normalized spacial score (nSPS) is 20.7. The van der Waals surface area contributed by atoms with E-state index in [1.807, 2.05) is 0 Å². The molecule has 0 aliphatic carbocycles. The summed E-state index contributed by atoms with van der Waals surface area (Å²) in [5, 5.41) is 6.15. The van der Waals surface area contributed by atoms with Crippen LogP contribution in [-0.2, 0) is 9.53 Å². The molecule has 1 aliphatic heterocycles. The summed E-state index contributed by atoms with van der Waals surface area (Å²) in [7, 11) is 0. The van der Waals surface area contributed by atoms with Gasteiger partial charge in [0.05, 0.1) is 18.8 Å². The second-order valence-corrected chi connectivity index (χ2v) is 3.73. The minimum Gasteiger partial charge on any atom is -0.502 e. The molecule has 1 amide bonds. The predicted octanol–water partition coefficient (Wildman–Crippen LogP) is 0.652. The van der Waals surface area contributed by atoms with Gasteiger partial charge in [0.1, 0.15) is 0 Å². The molecule has 1 heterocycles. The first kappa shape index (κ1) is 12.0. The highest BCUT2D eigenvalue weighted by Crippen LogP contribution is 2.09. The maximum atomic E-state index is 11.6. The fourth-order valence-electron chi connectivity index (χ4n) is 1.67. The zero-order chi connectivity index (χ0) is 10.9. The van der Waals surface area contributed by atoms with Gasteiger partial charge in [-0.15, -0.1) is 0 Å². The van der Waals surface area contributed by atoms with Crippen molar-refractivity contribution in [1.29, 1.82) is 0 Å². The van der Waals surface area contributed by atoms with E-state index in [1.54, 1.807) is 0 Å². The Morgan fingerprint density at radius 2 is 2.53 bits per heavy atom. The number of piperidine rings is 1.